The number of pyridine rings is 1. The van der Waals surface area contributed by atoms with Crippen LogP contribution in [0.4, 0.5) is 11.4 Å². The Labute approximate surface area is 87.3 Å². The quantitative estimate of drug-likeness (QED) is 0.588. The van der Waals surface area contributed by atoms with Crippen molar-refractivity contribution >= 4 is 11.4 Å². The highest BCUT2D eigenvalue weighted by Gasteiger charge is 2.19. The van der Waals surface area contributed by atoms with Crippen LogP contribution in [0.15, 0.2) is 18.5 Å². The molecule has 1 N–H and O–H groups in total. The molecule has 0 aliphatic rings. The second kappa shape index (κ2) is 4.70. The summed E-state index contributed by atoms with van der Waals surface area (Å²) in [6.07, 6.45) is 2.69. The molecule has 1 heterocycles. The highest BCUT2D eigenvalue weighted by molar-refractivity contribution is 5.61. The molecule has 6 heteroatoms. The molecule has 82 valence electrons. The number of anilines is 1. The normalized spacial score (nSPS) is 12.2. The molecule has 1 aromatic heterocycles. The summed E-state index contributed by atoms with van der Waals surface area (Å²) in [4.78, 5) is 15.6. The lowest BCUT2D eigenvalue weighted by atomic mass is 10.2. The number of rotatable bonds is 4. The van der Waals surface area contributed by atoms with Crippen LogP contribution in [-0.2, 0) is 0 Å². The highest BCUT2D eigenvalue weighted by atomic mass is 16.6. The summed E-state index contributed by atoms with van der Waals surface area (Å²) in [7, 11) is 1.70. The van der Waals surface area contributed by atoms with E-state index in [9.17, 15) is 10.1 Å². The maximum atomic E-state index is 10.7. The van der Waals surface area contributed by atoms with Gasteiger partial charge in [-0.2, -0.15) is 0 Å². The van der Waals surface area contributed by atoms with Crippen molar-refractivity contribution in [2.24, 2.45) is 0 Å². The molecule has 0 saturated heterocycles. The van der Waals surface area contributed by atoms with Gasteiger partial charge in [0.05, 0.1) is 11.5 Å². The van der Waals surface area contributed by atoms with Crippen molar-refractivity contribution < 1.29 is 10.0 Å². The lowest BCUT2D eigenvalue weighted by Crippen LogP contribution is -2.32. The minimum atomic E-state index is -0.483. The molecule has 0 aromatic carbocycles. The molecule has 0 radical (unpaired) electrons. The van der Waals surface area contributed by atoms with Crippen molar-refractivity contribution in [2.75, 3.05) is 18.6 Å². The van der Waals surface area contributed by atoms with E-state index >= 15 is 0 Å². The maximum Gasteiger partial charge on any atom is 0.310 e. The summed E-state index contributed by atoms with van der Waals surface area (Å²) >= 11 is 0. The first-order valence-electron chi connectivity index (χ1n) is 4.50. The van der Waals surface area contributed by atoms with Crippen LogP contribution in [0.1, 0.15) is 6.92 Å². The first kappa shape index (κ1) is 11.4. The van der Waals surface area contributed by atoms with Gasteiger partial charge in [0, 0.05) is 19.3 Å². The Hall–Kier alpha value is -1.69. The highest BCUT2D eigenvalue weighted by Crippen LogP contribution is 2.26. The summed E-state index contributed by atoms with van der Waals surface area (Å²) in [6, 6.07) is 1.38. The van der Waals surface area contributed by atoms with Gasteiger partial charge in [-0.3, -0.25) is 15.1 Å². The molecule has 0 spiro atoms. The van der Waals surface area contributed by atoms with Crippen LogP contribution in [0.25, 0.3) is 0 Å². The van der Waals surface area contributed by atoms with Crippen LogP contribution < -0.4 is 4.90 Å². The van der Waals surface area contributed by atoms with Gasteiger partial charge in [0.25, 0.3) is 0 Å². The van der Waals surface area contributed by atoms with Gasteiger partial charge in [0.2, 0.25) is 0 Å². The first-order valence-corrected chi connectivity index (χ1v) is 4.50. The fourth-order valence-corrected chi connectivity index (χ4v) is 1.18. The zero-order chi connectivity index (χ0) is 11.4. The number of hydrogen-bond acceptors (Lipinski definition) is 5. The van der Waals surface area contributed by atoms with Gasteiger partial charge in [-0.05, 0) is 13.0 Å². The number of nitro groups is 1. The minimum absolute atomic E-state index is 0.0553. The Morgan fingerprint density at radius 1 is 1.73 bits per heavy atom. The van der Waals surface area contributed by atoms with Crippen molar-refractivity contribution in [3.05, 3.63) is 28.6 Å². The molecule has 0 fully saturated rings. The fourth-order valence-electron chi connectivity index (χ4n) is 1.18. The van der Waals surface area contributed by atoms with Crippen LogP contribution in [0.2, 0.25) is 0 Å². The fraction of sp³-hybridized carbons (Fsp3) is 0.444. The predicted molar refractivity (Wildman–Crippen MR) is 55.8 cm³/mol. The Balaban J connectivity index is 3.07. The lowest BCUT2D eigenvalue weighted by molar-refractivity contribution is -0.384. The van der Waals surface area contributed by atoms with Crippen LogP contribution in [0.5, 0.6) is 0 Å². The largest absolute Gasteiger partial charge is 0.394 e. The third kappa shape index (κ3) is 2.41. The third-order valence-electron chi connectivity index (χ3n) is 2.28. The molecular formula is C9H13N3O3. The van der Waals surface area contributed by atoms with Gasteiger partial charge in [0.15, 0.2) is 0 Å². The molecule has 0 saturated carbocycles. The van der Waals surface area contributed by atoms with Crippen LogP contribution in [0, 0.1) is 10.1 Å². The molecule has 1 unspecified atom stereocenters. The summed E-state index contributed by atoms with van der Waals surface area (Å²) in [6.45, 7) is 1.72. The van der Waals surface area contributed by atoms with Gasteiger partial charge in [0.1, 0.15) is 11.9 Å². The smallest absolute Gasteiger partial charge is 0.310 e. The van der Waals surface area contributed by atoms with Crippen molar-refractivity contribution in [2.45, 2.75) is 13.0 Å². The SMILES string of the molecule is CC(CO)N(C)c1ccncc1[N+](=O)[O-]. The van der Waals surface area contributed by atoms with E-state index in [1.54, 1.807) is 24.9 Å². The molecule has 1 atom stereocenters. The van der Waals surface area contributed by atoms with Crippen LogP contribution in [0.3, 0.4) is 0 Å². The number of hydrogen-bond donors (Lipinski definition) is 1. The van der Waals surface area contributed by atoms with Crippen molar-refractivity contribution in [1.82, 2.24) is 4.98 Å². The van der Waals surface area contributed by atoms with E-state index in [1.807, 2.05) is 0 Å². The first-order chi connectivity index (χ1) is 7.07. The third-order valence-corrected chi connectivity index (χ3v) is 2.28. The van der Waals surface area contributed by atoms with E-state index in [2.05, 4.69) is 4.98 Å². The lowest BCUT2D eigenvalue weighted by Gasteiger charge is -2.24. The second-order valence-corrected chi connectivity index (χ2v) is 3.26. The molecular weight excluding hydrogens is 198 g/mol. The number of likely N-dealkylation sites (N-methyl/N-ethyl adjacent to an activating group) is 1. The summed E-state index contributed by atoms with van der Waals surface area (Å²) in [5.41, 5.74) is 0.400. The van der Waals surface area contributed by atoms with Gasteiger partial charge < -0.3 is 10.0 Å². The molecule has 1 aromatic rings. The van der Waals surface area contributed by atoms with E-state index in [-0.39, 0.29) is 18.3 Å². The number of aromatic nitrogens is 1. The Kier molecular flexibility index (Phi) is 3.56. The zero-order valence-corrected chi connectivity index (χ0v) is 8.62. The van der Waals surface area contributed by atoms with Crippen molar-refractivity contribution in [1.29, 1.82) is 0 Å². The monoisotopic (exact) mass is 211 g/mol. The average molecular weight is 211 g/mol. The van der Waals surface area contributed by atoms with Crippen LogP contribution in [-0.4, -0.2) is 34.7 Å². The molecule has 1 rings (SSSR count). The van der Waals surface area contributed by atoms with Gasteiger partial charge in [-0.1, -0.05) is 0 Å². The zero-order valence-electron chi connectivity index (χ0n) is 8.62. The Morgan fingerprint density at radius 2 is 2.40 bits per heavy atom. The van der Waals surface area contributed by atoms with E-state index in [1.165, 1.54) is 12.4 Å². The summed E-state index contributed by atoms with van der Waals surface area (Å²) in [5.74, 6) is 0. The standard InChI is InChI=1S/C9H13N3O3/c1-7(6-13)11(2)8-3-4-10-5-9(8)12(14)15/h3-5,7,13H,6H2,1-2H3. The Bertz CT molecular complexity index is 356. The van der Waals surface area contributed by atoms with Crippen molar-refractivity contribution in [3.63, 3.8) is 0 Å². The molecule has 6 nitrogen and oxygen atoms in total. The summed E-state index contributed by atoms with van der Waals surface area (Å²) in [5, 5.41) is 19.7. The summed E-state index contributed by atoms with van der Waals surface area (Å²) < 4.78 is 0. The topological polar surface area (TPSA) is 79.5 Å². The molecule has 0 bridgehead atoms. The number of aliphatic hydroxyl groups excluding tert-OH is 1. The number of aliphatic hydroxyl groups is 1. The predicted octanol–water partition coefficient (Wildman–Crippen LogP) is 0.807. The van der Waals surface area contributed by atoms with E-state index in [0.717, 1.165) is 0 Å². The van der Waals surface area contributed by atoms with E-state index in [4.69, 9.17) is 5.11 Å². The average Bonchev–Trinajstić information content (AvgIpc) is 2.27. The van der Waals surface area contributed by atoms with E-state index in [0.29, 0.717) is 5.69 Å². The van der Waals surface area contributed by atoms with Crippen LogP contribution >= 0.6 is 0 Å². The second-order valence-electron chi connectivity index (χ2n) is 3.26. The molecule has 0 amide bonds. The molecule has 15 heavy (non-hydrogen) atoms. The van der Waals surface area contributed by atoms with Gasteiger partial charge in [-0.25, -0.2) is 0 Å². The van der Waals surface area contributed by atoms with Crippen molar-refractivity contribution in [3.8, 4) is 0 Å². The van der Waals surface area contributed by atoms with Gasteiger partial charge in [-0.15, -0.1) is 0 Å². The molecule has 0 aliphatic heterocycles. The minimum Gasteiger partial charge on any atom is -0.394 e. The van der Waals surface area contributed by atoms with E-state index < -0.39 is 4.92 Å². The molecule has 0 aliphatic carbocycles. The number of nitrogens with zero attached hydrogens (tertiary/aromatic N) is 3. The Morgan fingerprint density at radius 3 is 2.93 bits per heavy atom. The maximum absolute atomic E-state index is 10.7. The van der Waals surface area contributed by atoms with Gasteiger partial charge >= 0.3 is 5.69 Å².